The normalized spacial score (nSPS) is 11.3. The fraction of sp³-hybridized carbons (Fsp3) is 0.125. The topological polar surface area (TPSA) is 41.6 Å². The summed E-state index contributed by atoms with van der Waals surface area (Å²) in [4.78, 5) is 10.6. The van der Waals surface area contributed by atoms with E-state index in [1.165, 1.54) is 0 Å². The lowest BCUT2D eigenvalue weighted by Crippen LogP contribution is -2.08. The van der Waals surface area contributed by atoms with Gasteiger partial charge in [0.15, 0.2) is 5.58 Å². The van der Waals surface area contributed by atoms with Gasteiger partial charge in [-0.25, -0.2) is 4.99 Å². The molecule has 0 aliphatic rings. The van der Waals surface area contributed by atoms with Crippen LogP contribution >= 0.6 is 0 Å². The van der Waals surface area contributed by atoms with Gasteiger partial charge < -0.3 is 9.32 Å². The van der Waals surface area contributed by atoms with Crippen LogP contribution in [0.5, 0.6) is 0 Å². The number of hydrogen-bond donors (Lipinski definition) is 0. The van der Waals surface area contributed by atoms with Crippen LogP contribution in [0.4, 0.5) is 11.7 Å². The zero-order valence-corrected chi connectivity index (χ0v) is 11.4. The highest BCUT2D eigenvalue weighted by Gasteiger charge is 2.02. The highest BCUT2D eigenvalue weighted by molar-refractivity contribution is 5.82. The summed E-state index contributed by atoms with van der Waals surface area (Å²) in [5, 5.41) is 0. The van der Waals surface area contributed by atoms with Crippen molar-refractivity contribution in [2.75, 3.05) is 19.0 Å². The number of para-hydroxylation sites is 2. The molecule has 0 N–H and O–H groups in total. The van der Waals surface area contributed by atoms with Crippen molar-refractivity contribution in [2.24, 2.45) is 4.99 Å². The molecule has 4 heteroatoms. The van der Waals surface area contributed by atoms with Crippen molar-refractivity contribution in [3.05, 3.63) is 54.1 Å². The Labute approximate surface area is 117 Å². The van der Waals surface area contributed by atoms with Gasteiger partial charge >= 0.3 is 6.01 Å². The molecule has 4 nitrogen and oxygen atoms in total. The molecule has 0 amide bonds. The molecule has 0 aliphatic carbocycles. The molecule has 20 heavy (non-hydrogen) atoms. The van der Waals surface area contributed by atoms with Gasteiger partial charge in [0.2, 0.25) is 0 Å². The largest absolute Gasteiger partial charge is 0.422 e. The maximum atomic E-state index is 5.53. The quantitative estimate of drug-likeness (QED) is 0.679. The van der Waals surface area contributed by atoms with Gasteiger partial charge in [-0.15, -0.1) is 0 Å². The van der Waals surface area contributed by atoms with E-state index in [1.54, 1.807) is 6.21 Å². The second-order valence-electron chi connectivity index (χ2n) is 4.71. The summed E-state index contributed by atoms with van der Waals surface area (Å²) >= 11 is 0. The number of rotatable bonds is 3. The van der Waals surface area contributed by atoms with Crippen LogP contribution < -0.4 is 4.90 Å². The van der Waals surface area contributed by atoms with Crippen molar-refractivity contribution >= 4 is 29.0 Å². The molecule has 0 saturated carbocycles. The van der Waals surface area contributed by atoms with E-state index in [1.807, 2.05) is 62.6 Å². The van der Waals surface area contributed by atoms with Gasteiger partial charge in [0, 0.05) is 26.0 Å². The lowest BCUT2D eigenvalue weighted by Gasteiger charge is -2.11. The molecule has 0 aliphatic heterocycles. The Balaban J connectivity index is 1.82. The van der Waals surface area contributed by atoms with E-state index in [-0.39, 0.29) is 0 Å². The van der Waals surface area contributed by atoms with Gasteiger partial charge in [0.25, 0.3) is 0 Å². The van der Waals surface area contributed by atoms with Gasteiger partial charge in [-0.1, -0.05) is 24.3 Å². The van der Waals surface area contributed by atoms with E-state index < -0.39 is 0 Å². The highest BCUT2D eigenvalue weighted by atomic mass is 16.4. The first-order chi connectivity index (χ1) is 9.72. The van der Waals surface area contributed by atoms with Gasteiger partial charge in [0.1, 0.15) is 5.52 Å². The van der Waals surface area contributed by atoms with Crippen LogP contribution in [0.2, 0.25) is 0 Å². The van der Waals surface area contributed by atoms with Crippen molar-refractivity contribution < 1.29 is 4.42 Å². The lowest BCUT2D eigenvalue weighted by molar-refractivity contribution is 0.614. The van der Waals surface area contributed by atoms with Gasteiger partial charge in [-0.3, -0.25) is 0 Å². The van der Waals surface area contributed by atoms with Gasteiger partial charge in [0.05, 0.1) is 0 Å². The molecule has 0 spiro atoms. The average Bonchev–Trinajstić information content (AvgIpc) is 2.88. The third kappa shape index (κ3) is 2.54. The Morgan fingerprint density at radius 2 is 1.80 bits per heavy atom. The highest BCUT2D eigenvalue weighted by Crippen LogP contribution is 2.20. The molecule has 3 rings (SSSR count). The Kier molecular flexibility index (Phi) is 3.21. The molecule has 2 aromatic carbocycles. The summed E-state index contributed by atoms with van der Waals surface area (Å²) in [6.45, 7) is 0. The minimum Gasteiger partial charge on any atom is -0.422 e. The van der Waals surface area contributed by atoms with E-state index in [0.717, 1.165) is 22.4 Å². The molecule has 100 valence electrons. The molecular weight excluding hydrogens is 250 g/mol. The van der Waals surface area contributed by atoms with E-state index in [0.29, 0.717) is 6.01 Å². The molecule has 0 radical (unpaired) electrons. The van der Waals surface area contributed by atoms with Crippen LogP contribution in [0.15, 0.2) is 57.9 Å². The van der Waals surface area contributed by atoms with Crippen molar-refractivity contribution in [1.82, 2.24) is 4.98 Å². The molecule has 0 atom stereocenters. The fourth-order valence-corrected chi connectivity index (χ4v) is 1.90. The number of hydrogen-bond acceptors (Lipinski definition) is 4. The predicted molar refractivity (Wildman–Crippen MR) is 82.0 cm³/mol. The van der Waals surface area contributed by atoms with E-state index in [9.17, 15) is 0 Å². The van der Waals surface area contributed by atoms with Crippen LogP contribution in [-0.2, 0) is 0 Å². The predicted octanol–water partition coefficient (Wildman–Crippen LogP) is 3.64. The second kappa shape index (κ2) is 5.17. The smallest absolute Gasteiger partial charge is 0.322 e. The Bertz CT molecular complexity index is 709. The minimum absolute atomic E-state index is 0.378. The van der Waals surface area contributed by atoms with E-state index in [4.69, 9.17) is 4.42 Å². The molecule has 1 heterocycles. The van der Waals surface area contributed by atoms with Crippen LogP contribution in [-0.4, -0.2) is 25.3 Å². The van der Waals surface area contributed by atoms with E-state index >= 15 is 0 Å². The Morgan fingerprint density at radius 1 is 1.05 bits per heavy atom. The molecule has 0 bridgehead atoms. The minimum atomic E-state index is 0.378. The zero-order chi connectivity index (χ0) is 13.9. The maximum absolute atomic E-state index is 5.53. The number of aliphatic imine (C=N–C) groups is 1. The zero-order valence-electron chi connectivity index (χ0n) is 11.4. The van der Waals surface area contributed by atoms with Crippen molar-refractivity contribution in [2.45, 2.75) is 0 Å². The van der Waals surface area contributed by atoms with Crippen LogP contribution in [0.1, 0.15) is 5.56 Å². The molecule has 3 aromatic rings. The summed E-state index contributed by atoms with van der Waals surface area (Å²) in [5.41, 5.74) is 3.74. The number of aromatic nitrogens is 1. The number of nitrogens with zero attached hydrogens (tertiary/aromatic N) is 3. The first kappa shape index (κ1) is 12.4. The van der Waals surface area contributed by atoms with Gasteiger partial charge in [-0.2, -0.15) is 4.98 Å². The standard InChI is InChI=1S/C16H15N3O/c1-19(2)13-9-7-12(8-10-13)11-17-16-18-14-5-3-4-6-15(14)20-16/h3-11H,1-2H3/b17-11+. The molecule has 1 aromatic heterocycles. The Hall–Kier alpha value is -2.62. The van der Waals surface area contributed by atoms with Crippen molar-refractivity contribution in [3.8, 4) is 0 Å². The number of benzene rings is 2. The molecule has 0 saturated heterocycles. The molecule has 0 fully saturated rings. The summed E-state index contributed by atoms with van der Waals surface area (Å²) < 4.78 is 5.53. The molecular formula is C16H15N3O. The maximum Gasteiger partial charge on any atom is 0.322 e. The third-order valence-electron chi connectivity index (χ3n) is 3.02. The van der Waals surface area contributed by atoms with Crippen LogP contribution in [0, 0.1) is 0 Å². The lowest BCUT2D eigenvalue weighted by atomic mass is 10.2. The monoisotopic (exact) mass is 265 g/mol. The van der Waals surface area contributed by atoms with Crippen LogP contribution in [0.25, 0.3) is 11.1 Å². The fourth-order valence-electron chi connectivity index (χ4n) is 1.90. The summed E-state index contributed by atoms with van der Waals surface area (Å²) in [7, 11) is 4.03. The second-order valence-corrected chi connectivity index (χ2v) is 4.71. The van der Waals surface area contributed by atoms with Crippen LogP contribution in [0.3, 0.4) is 0 Å². The SMILES string of the molecule is CN(C)c1ccc(/C=N/c2nc3ccccc3o2)cc1. The molecule has 0 unspecified atom stereocenters. The first-order valence-electron chi connectivity index (χ1n) is 6.39. The number of fused-ring (bicyclic) bond motifs is 1. The van der Waals surface area contributed by atoms with Crippen molar-refractivity contribution in [3.63, 3.8) is 0 Å². The Morgan fingerprint density at radius 3 is 2.50 bits per heavy atom. The first-order valence-corrected chi connectivity index (χ1v) is 6.39. The average molecular weight is 265 g/mol. The summed E-state index contributed by atoms with van der Waals surface area (Å²) in [6.07, 6.45) is 1.75. The van der Waals surface area contributed by atoms with Gasteiger partial charge in [-0.05, 0) is 29.8 Å². The summed E-state index contributed by atoms with van der Waals surface area (Å²) in [5.74, 6) is 0. The van der Waals surface area contributed by atoms with Crippen molar-refractivity contribution in [1.29, 1.82) is 0 Å². The number of anilines is 1. The summed E-state index contributed by atoms with van der Waals surface area (Å²) in [6, 6.07) is 16.1. The third-order valence-corrected chi connectivity index (χ3v) is 3.02. The number of oxazole rings is 1. The van der Waals surface area contributed by atoms with E-state index in [2.05, 4.69) is 14.9 Å².